The van der Waals surface area contributed by atoms with Crippen molar-refractivity contribution < 1.29 is 19.2 Å². The lowest BCUT2D eigenvalue weighted by molar-refractivity contribution is 0.0592. The number of nitrogens with zero attached hydrogens (tertiary/aromatic N) is 4. The number of methoxy groups -OCH3 is 1. The quantitative estimate of drug-likeness (QED) is 0.616. The van der Waals surface area contributed by atoms with Gasteiger partial charge in [-0.1, -0.05) is 28.9 Å². The van der Waals surface area contributed by atoms with E-state index < -0.39 is 17.6 Å². The first-order valence-electron chi connectivity index (χ1n) is 8.28. The summed E-state index contributed by atoms with van der Waals surface area (Å²) in [6.45, 7) is 1.45. The number of carbonyl (C=O) groups excluding carboxylic acids is 1. The van der Waals surface area contributed by atoms with Gasteiger partial charge in [-0.15, -0.1) is 0 Å². The van der Waals surface area contributed by atoms with Crippen LogP contribution in [-0.4, -0.2) is 37.9 Å². The molecule has 1 aromatic carbocycles. The van der Waals surface area contributed by atoms with Gasteiger partial charge in [-0.2, -0.15) is 4.98 Å². The molecule has 0 saturated heterocycles. The highest BCUT2D eigenvalue weighted by molar-refractivity contribution is 6.30. The Balaban J connectivity index is 1.76. The molecule has 0 spiro atoms. The molecule has 3 aromatic rings. The molecule has 3 rings (SSSR count). The molecule has 2 aromatic heterocycles. The van der Waals surface area contributed by atoms with Crippen LogP contribution < -0.4 is 5.56 Å². The van der Waals surface area contributed by atoms with Crippen molar-refractivity contribution in [3.05, 3.63) is 74.5 Å². The van der Waals surface area contributed by atoms with E-state index in [9.17, 15) is 14.7 Å². The van der Waals surface area contributed by atoms with E-state index in [1.165, 1.54) is 24.8 Å². The van der Waals surface area contributed by atoms with Gasteiger partial charge in [0.2, 0.25) is 5.89 Å². The maximum Gasteiger partial charge on any atom is 0.358 e. The van der Waals surface area contributed by atoms with Crippen LogP contribution in [0.15, 0.2) is 39.8 Å². The number of ether oxygens (including phenoxy) is 1. The van der Waals surface area contributed by atoms with Crippen molar-refractivity contribution in [1.29, 1.82) is 0 Å². The number of benzene rings is 1. The molecular weight excluding hydrogens is 388 g/mol. The van der Waals surface area contributed by atoms with Crippen LogP contribution in [0.4, 0.5) is 0 Å². The third-order valence-electron chi connectivity index (χ3n) is 3.98. The van der Waals surface area contributed by atoms with E-state index in [-0.39, 0.29) is 36.1 Å². The molecule has 9 nitrogen and oxygen atoms in total. The first kappa shape index (κ1) is 19.7. The molecule has 146 valence electrons. The summed E-state index contributed by atoms with van der Waals surface area (Å²) in [6, 6.07) is 6.78. The minimum atomic E-state index is -0.834. The Labute approximate surface area is 164 Å². The molecule has 1 unspecified atom stereocenters. The van der Waals surface area contributed by atoms with E-state index in [2.05, 4.69) is 19.9 Å². The Hall–Kier alpha value is -3.04. The average molecular weight is 405 g/mol. The predicted molar refractivity (Wildman–Crippen MR) is 98.1 cm³/mol. The number of aromatic nitrogens is 4. The Morgan fingerprint density at radius 3 is 2.71 bits per heavy atom. The third-order valence-corrected chi connectivity index (χ3v) is 4.23. The van der Waals surface area contributed by atoms with Crippen molar-refractivity contribution in [2.24, 2.45) is 0 Å². The summed E-state index contributed by atoms with van der Waals surface area (Å²) in [4.78, 5) is 32.0. The first-order chi connectivity index (χ1) is 13.4. The standard InChI is InChI=1S/C18H17ClN4O5/c1-10-17(25)23(8-13(20-10)18(26)27-2)9-16-21-15(22-28-16)7-14(24)11-3-5-12(19)6-4-11/h3-6,8,14,24H,7,9H2,1-2H3. The summed E-state index contributed by atoms with van der Waals surface area (Å²) in [6.07, 6.45) is 0.565. The molecule has 1 N–H and O–H groups in total. The number of rotatable bonds is 6. The Morgan fingerprint density at radius 2 is 2.04 bits per heavy atom. The molecule has 0 aliphatic rings. The molecule has 2 heterocycles. The second-order valence-electron chi connectivity index (χ2n) is 6.01. The van der Waals surface area contributed by atoms with Gasteiger partial charge in [0.1, 0.15) is 12.2 Å². The van der Waals surface area contributed by atoms with Gasteiger partial charge in [-0.3, -0.25) is 4.79 Å². The highest BCUT2D eigenvalue weighted by atomic mass is 35.5. The third kappa shape index (κ3) is 4.44. The average Bonchev–Trinajstić information content (AvgIpc) is 3.11. The van der Waals surface area contributed by atoms with Gasteiger partial charge in [0, 0.05) is 17.6 Å². The Morgan fingerprint density at radius 1 is 1.32 bits per heavy atom. The molecule has 0 amide bonds. The molecule has 10 heteroatoms. The predicted octanol–water partition coefficient (Wildman–Crippen LogP) is 1.70. The minimum absolute atomic E-state index is 0.00232. The maximum atomic E-state index is 12.2. The van der Waals surface area contributed by atoms with Crippen LogP contribution in [0.1, 0.15) is 39.6 Å². The van der Waals surface area contributed by atoms with Crippen LogP contribution in [0.3, 0.4) is 0 Å². The van der Waals surface area contributed by atoms with Crippen LogP contribution in [0.2, 0.25) is 5.02 Å². The molecule has 1 atom stereocenters. The number of halogens is 1. The van der Waals surface area contributed by atoms with E-state index in [0.717, 1.165) is 0 Å². The fourth-order valence-corrected chi connectivity index (χ4v) is 2.68. The Kier molecular flexibility index (Phi) is 5.86. The topological polar surface area (TPSA) is 120 Å². The van der Waals surface area contributed by atoms with Crippen molar-refractivity contribution in [1.82, 2.24) is 19.7 Å². The molecule has 0 saturated carbocycles. The number of aliphatic hydroxyl groups excluding tert-OH is 1. The Bertz CT molecular complexity index is 1040. The van der Waals surface area contributed by atoms with Gasteiger partial charge in [0.05, 0.1) is 13.2 Å². The summed E-state index contributed by atoms with van der Waals surface area (Å²) in [5, 5.41) is 14.7. The zero-order chi connectivity index (χ0) is 20.3. The maximum absolute atomic E-state index is 12.2. The molecule has 0 aliphatic carbocycles. The van der Waals surface area contributed by atoms with Crippen LogP contribution in [0.5, 0.6) is 0 Å². The molecule has 0 aliphatic heterocycles. The minimum Gasteiger partial charge on any atom is -0.464 e. The van der Waals surface area contributed by atoms with Crippen LogP contribution >= 0.6 is 11.6 Å². The van der Waals surface area contributed by atoms with E-state index in [1.54, 1.807) is 24.3 Å². The second-order valence-corrected chi connectivity index (χ2v) is 6.45. The number of hydrogen-bond donors (Lipinski definition) is 1. The lowest BCUT2D eigenvalue weighted by Crippen LogP contribution is -2.26. The number of aliphatic hydroxyl groups is 1. The van der Waals surface area contributed by atoms with Crippen molar-refractivity contribution in [3.8, 4) is 0 Å². The SMILES string of the molecule is COC(=O)c1cn(Cc2nc(CC(O)c3ccc(Cl)cc3)no2)c(=O)c(C)n1. The molecule has 0 radical (unpaired) electrons. The van der Waals surface area contributed by atoms with Gasteiger partial charge in [0.25, 0.3) is 5.56 Å². The van der Waals surface area contributed by atoms with Crippen molar-refractivity contribution in [2.45, 2.75) is 26.0 Å². The molecule has 0 bridgehead atoms. The summed E-state index contributed by atoms with van der Waals surface area (Å²) in [5.74, 6) is -0.222. The fraction of sp³-hybridized carbons (Fsp3) is 0.278. The fourth-order valence-electron chi connectivity index (χ4n) is 2.55. The first-order valence-corrected chi connectivity index (χ1v) is 8.66. The van der Waals surface area contributed by atoms with Gasteiger partial charge in [-0.25, -0.2) is 9.78 Å². The van der Waals surface area contributed by atoms with Gasteiger partial charge in [0.15, 0.2) is 11.5 Å². The van der Waals surface area contributed by atoms with E-state index in [1.807, 2.05) is 0 Å². The summed E-state index contributed by atoms with van der Waals surface area (Å²) >= 11 is 5.84. The monoisotopic (exact) mass is 404 g/mol. The molecular formula is C18H17ClN4O5. The van der Waals surface area contributed by atoms with Gasteiger partial charge < -0.3 is 18.9 Å². The lowest BCUT2D eigenvalue weighted by atomic mass is 10.1. The largest absolute Gasteiger partial charge is 0.464 e. The summed E-state index contributed by atoms with van der Waals surface area (Å²) in [5.41, 5.74) is 0.409. The van der Waals surface area contributed by atoms with E-state index >= 15 is 0 Å². The molecule has 28 heavy (non-hydrogen) atoms. The zero-order valence-electron chi connectivity index (χ0n) is 15.1. The van der Waals surface area contributed by atoms with Gasteiger partial charge in [-0.05, 0) is 24.6 Å². The number of aryl methyl sites for hydroxylation is 1. The van der Waals surface area contributed by atoms with Crippen molar-refractivity contribution >= 4 is 17.6 Å². The number of esters is 1. The normalized spacial score (nSPS) is 12.0. The number of carbonyl (C=O) groups is 1. The van der Waals surface area contributed by atoms with Gasteiger partial charge >= 0.3 is 5.97 Å². The lowest BCUT2D eigenvalue weighted by Gasteiger charge is -2.08. The smallest absolute Gasteiger partial charge is 0.358 e. The van der Waals surface area contributed by atoms with Crippen LogP contribution in [0.25, 0.3) is 0 Å². The number of hydrogen-bond acceptors (Lipinski definition) is 8. The van der Waals surface area contributed by atoms with Crippen molar-refractivity contribution in [2.75, 3.05) is 7.11 Å². The van der Waals surface area contributed by atoms with Crippen LogP contribution in [-0.2, 0) is 17.7 Å². The van der Waals surface area contributed by atoms with Crippen LogP contribution in [0, 0.1) is 6.92 Å². The van der Waals surface area contributed by atoms with Crippen molar-refractivity contribution in [3.63, 3.8) is 0 Å². The zero-order valence-corrected chi connectivity index (χ0v) is 15.9. The second kappa shape index (κ2) is 8.32. The summed E-state index contributed by atoms with van der Waals surface area (Å²) in [7, 11) is 1.23. The highest BCUT2D eigenvalue weighted by Crippen LogP contribution is 2.19. The van der Waals surface area contributed by atoms with E-state index in [4.69, 9.17) is 16.1 Å². The van der Waals surface area contributed by atoms with E-state index in [0.29, 0.717) is 10.6 Å². The molecule has 0 fully saturated rings. The highest BCUT2D eigenvalue weighted by Gasteiger charge is 2.17. The summed E-state index contributed by atoms with van der Waals surface area (Å²) < 4.78 is 11.0.